The number of methoxy groups -OCH3 is 1. The lowest BCUT2D eigenvalue weighted by Gasteiger charge is -2.21. The van der Waals surface area contributed by atoms with Crippen molar-refractivity contribution >= 4 is 40.5 Å². The summed E-state index contributed by atoms with van der Waals surface area (Å²) in [6.45, 7) is 0. The number of allylic oxidation sites excluding steroid dienone is 2. The predicted octanol–water partition coefficient (Wildman–Crippen LogP) is 6.49. The van der Waals surface area contributed by atoms with Gasteiger partial charge in [-0.3, -0.25) is 4.79 Å². The van der Waals surface area contributed by atoms with Crippen LogP contribution in [0.25, 0.3) is 5.57 Å². The van der Waals surface area contributed by atoms with E-state index in [0.717, 1.165) is 25.0 Å². The summed E-state index contributed by atoms with van der Waals surface area (Å²) in [4.78, 5) is 24.9. The molecule has 0 bridgehead atoms. The molecule has 0 amide bonds. The van der Waals surface area contributed by atoms with Crippen molar-refractivity contribution in [3.8, 4) is 0 Å². The number of benzene rings is 2. The average molecular weight is 457 g/mol. The van der Waals surface area contributed by atoms with Gasteiger partial charge in [0.2, 0.25) is 0 Å². The molecule has 0 aromatic heterocycles. The van der Waals surface area contributed by atoms with Crippen LogP contribution in [0.5, 0.6) is 0 Å². The lowest BCUT2D eigenvalue weighted by Crippen LogP contribution is -2.17. The summed E-state index contributed by atoms with van der Waals surface area (Å²) in [6.07, 6.45) is -1.59. The lowest BCUT2D eigenvalue weighted by atomic mass is 9.83. The van der Waals surface area contributed by atoms with Gasteiger partial charge in [0.25, 0.3) is 0 Å². The topological polar surface area (TPSA) is 43.4 Å². The van der Waals surface area contributed by atoms with Crippen LogP contribution in [0.3, 0.4) is 0 Å². The van der Waals surface area contributed by atoms with E-state index in [1.807, 2.05) is 0 Å². The number of hydrogen-bond donors (Lipinski definition) is 0. The molecule has 0 atom stereocenters. The molecule has 3 nitrogen and oxygen atoms in total. The van der Waals surface area contributed by atoms with E-state index in [1.54, 1.807) is 0 Å². The van der Waals surface area contributed by atoms with Gasteiger partial charge in [-0.05, 0) is 78.8 Å². The van der Waals surface area contributed by atoms with Gasteiger partial charge in [0, 0.05) is 15.6 Å². The third kappa shape index (κ3) is 4.71. The fraction of sp³-hybridized carbons (Fsp3) is 0.273. The van der Waals surface area contributed by atoms with Crippen LogP contribution < -0.4 is 0 Å². The summed E-state index contributed by atoms with van der Waals surface area (Å²) < 4.78 is 46.0. The number of fused-ring (bicyclic) bond motifs is 1. The molecule has 158 valence electrons. The Morgan fingerprint density at radius 1 is 0.967 bits per heavy atom. The van der Waals surface area contributed by atoms with Gasteiger partial charge in [0.1, 0.15) is 0 Å². The molecule has 30 heavy (non-hydrogen) atoms. The normalized spacial score (nSPS) is 14.3. The maximum atomic E-state index is 13.7. The molecule has 3 rings (SSSR count). The first-order chi connectivity index (χ1) is 14.1. The summed E-state index contributed by atoms with van der Waals surface area (Å²) in [5.41, 5.74) is 0.298. The number of esters is 1. The molecule has 0 N–H and O–H groups in total. The minimum Gasteiger partial charge on any atom is -0.465 e. The number of carbonyl (C=O) groups is 2. The average Bonchev–Trinajstić information content (AvgIpc) is 2.68. The first-order valence-electron chi connectivity index (χ1n) is 9.14. The molecule has 8 heteroatoms. The van der Waals surface area contributed by atoms with Crippen LogP contribution >= 0.6 is 23.2 Å². The summed E-state index contributed by atoms with van der Waals surface area (Å²) in [7, 11) is 1.26. The van der Waals surface area contributed by atoms with E-state index in [4.69, 9.17) is 27.9 Å². The van der Waals surface area contributed by atoms with E-state index in [9.17, 15) is 22.8 Å². The first kappa shape index (κ1) is 22.4. The van der Waals surface area contributed by atoms with Crippen molar-refractivity contribution in [2.75, 3.05) is 7.11 Å². The molecule has 0 saturated carbocycles. The highest BCUT2D eigenvalue weighted by atomic mass is 35.5. The molecule has 0 radical (unpaired) electrons. The highest BCUT2D eigenvalue weighted by molar-refractivity contribution is 6.35. The van der Waals surface area contributed by atoms with Gasteiger partial charge in [-0.2, -0.15) is 13.2 Å². The van der Waals surface area contributed by atoms with Crippen molar-refractivity contribution in [1.29, 1.82) is 0 Å². The Balaban J connectivity index is 2.12. The zero-order valence-corrected chi connectivity index (χ0v) is 17.4. The number of carbonyl (C=O) groups excluding carboxylic acids is 2. The maximum Gasteiger partial charge on any atom is 0.417 e. The number of alkyl halides is 3. The summed E-state index contributed by atoms with van der Waals surface area (Å²) in [5.74, 6) is -1.33. The molecule has 2 aromatic rings. The second-order valence-electron chi connectivity index (χ2n) is 6.89. The second kappa shape index (κ2) is 8.82. The molecule has 0 fully saturated rings. The first-order valence-corrected chi connectivity index (χ1v) is 9.90. The van der Waals surface area contributed by atoms with E-state index in [-0.39, 0.29) is 21.2 Å². The zero-order chi connectivity index (χ0) is 22.1. The fourth-order valence-electron chi connectivity index (χ4n) is 3.65. The number of halogens is 5. The summed E-state index contributed by atoms with van der Waals surface area (Å²) >= 11 is 11.7. The third-order valence-corrected chi connectivity index (χ3v) is 5.40. The molecular weight excluding hydrogens is 440 g/mol. The minimum atomic E-state index is -4.80. The molecule has 0 heterocycles. The Morgan fingerprint density at radius 3 is 2.03 bits per heavy atom. The lowest BCUT2D eigenvalue weighted by molar-refractivity contribution is -0.0689. The van der Waals surface area contributed by atoms with Crippen LogP contribution in [0.1, 0.15) is 50.2 Å². The van der Waals surface area contributed by atoms with Crippen molar-refractivity contribution in [1.82, 2.24) is 0 Å². The number of hydrogen-bond acceptors (Lipinski definition) is 3. The third-order valence-electron chi connectivity index (χ3n) is 4.96. The van der Waals surface area contributed by atoms with Gasteiger partial charge < -0.3 is 4.74 Å². The SMILES string of the molecule is COC(=O)c1ccc(C(=O)C=C(c2cc(Cl)cc(Cl)c2)C(F)(F)F)c2c1CCCC2. The van der Waals surface area contributed by atoms with Crippen LogP contribution in [0.15, 0.2) is 36.4 Å². The second-order valence-corrected chi connectivity index (χ2v) is 7.77. The molecule has 1 aliphatic carbocycles. The van der Waals surface area contributed by atoms with E-state index >= 15 is 0 Å². The predicted molar refractivity (Wildman–Crippen MR) is 109 cm³/mol. The van der Waals surface area contributed by atoms with E-state index < -0.39 is 23.5 Å². The molecule has 0 aliphatic heterocycles. The molecule has 1 aliphatic rings. The molecule has 2 aromatic carbocycles. The van der Waals surface area contributed by atoms with Crippen LogP contribution in [-0.4, -0.2) is 25.0 Å². The van der Waals surface area contributed by atoms with E-state index in [1.165, 1.54) is 25.3 Å². The quantitative estimate of drug-likeness (QED) is 0.300. The van der Waals surface area contributed by atoms with Crippen LogP contribution in [0.4, 0.5) is 13.2 Å². The van der Waals surface area contributed by atoms with E-state index in [0.29, 0.717) is 35.6 Å². The van der Waals surface area contributed by atoms with Gasteiger partial charge in [0.15, 0.2) is 5.78 Å². The van der Waals surface area contributed by atoms with Crippen LogP contribution in [0, 0.1) is 0 Å². The molecule has 0 spiro atoms. The van der Waals surface area contributed by atoms with Crippen molar-refractivity contribution in [2.24, 2.45) is 0 Å². The zero-order valence-electron chi connectivity index (χ0n) is 15.9. The summed E-state index contributed by atoms with van der Waals surface area (Å²) in [6, 6.07) is 6.34. The standard InChI is InChI=1S/C22H17Cl2F3O3/c1-30-21(29)18-7-6-17(15-4-2-3-5-16(15)18)20(28)11-19(22(25,26)27)12-8-13(23)10-14(24)9-12/h6-11H,2-5H2,1H3. The van der Waals surface area contributed by atoms with Crippen molar-refractivity contribution in [3.63, 3.8) is 0 Å². The maximum absolute atomic E-state index is 13.7. The van der Waals surface area contributed by atoms with Gasteiger partial charge in [-0.25, -0.2) is 4.79 Å². The van der Waals surface area contributed by atoms with Gasteiger partial charge in [-0.15, -0.1) is 0 Å². The Morgan fingerprint density at radius 2 is 1.50 bits per heavy atom. The fourth-order valence-corrected chi connectivity index (χ4v) is 4.17. The number of ketones is 1. The highest BCUT2D eigenvalue weighted by Crippen LogP contribution is 2.37. The Labute approximate surface area is 181 Å². The van der Waals surface area contributed by atoms with E-state index in [2.05, 4.69) is 0 Å². The molecule has 0 unspecified atom stereocenters. The number of rotatable bonds is 4. The van der Waals surface area contributed by atoms with Gasteiger partial charge in [-0.1, -0.05) is 23.2 Å². The van der Waals surface area contributed by atoms with Gasteiger partial charge >= 0.3 is 12.1 Å². The Hall–Kier alpha value is -2.31. The van der Waals surface area contributed by atoms with Crippen molar-refractivity contribution in [2.45, 2.75) is 31.9 Å². The minimum absolute atomic E-state index is 0.0277. The summed E-state index contributed by atoms with van der Waals surface area (Å²) in [5, 5.41) is 0.0554. The number of ether oxygens (including phenoxy) is 1. The smallest absolute Gasteiger partial charge is 0.417 e. The van der Waals surface area contributed by atoms with Crippen molar-refractivity contribution < 1.29 is 27.5 Å². The Kier molecular flexibility index (Phi) is 6.58. The van der Waals surface area contributed by atoms with Crippen molar-refractivity contribution in [3.05, 3.63) is 74.3 Å². The van der Waals surface area contributed by atoms with Crippen LogP contribution in [-0.2, 0) is 17.6 Å². The largest absolute Gasteiger partial charge is 0.465 e. The highest BCUT2D eigenvalue weighted by Gasteiger charge is 2.36. The van der Waals surface area contributed by atoms with Crippen LogP contribution in [0.2, 0.25) is 10.0 Å². The molecular formula is C22H17Cl2F3O3. The van der Waals surface area contributed by atoms with Gasteiger partial charge in [0.05, 0.1) is 18.2 Å². The molecule has 0 saturated heterocycles. The Bertz CT molecular complexity index is 1020. The monoisotopic (exact) mass is 456 g/mol.